The lowest BCUT2D eigenvalue weighted by atomic mass is 9.80. The Balaban J connectivity index is 1.44. The predicted molar refractivity (Wildman–Crippen MR) is 125 cm³/mol. The Hall–Kier alpha value is -2.88. The molecular formula is C25H31F3N4O3. The summed E-state index contributed by atoms with van der Waals surface area (Å²) in [5.74, 6) is -3.46. The highest BCUT2D eigenvalue weighted by atomic mass is 19.3. The van der Waals surface area contributed by atoms with Crippen molar-refractivity contribution in [2.75, 3.05) is 36.5 Å². The fourth-order valence-corrected chi connectivity index (χ4v) is 4.94. The second-order valence-electron chi connectivity index (χ2n) is 9.52. The van der Waals surface area contributed by atoms with Gasteiger partial charge in [0, 0.05) is 32.0 Å². The molecule has 10 heteroatoms. The number of nitrogens with one attached hydrogen (secondary N) is 1. The Kier molecular flexibility index (Phi) is 7.78. The van der Waals surface area contributed by atoms with Crippen LogP contribution in [-0.4, -0.2) is 47.3 Å². The van der Waals surface area contributed by atoms with E-state index >= 15 is 4.39 Å². The number of carboxylic acid groups (broad SMARTS) is 1. The molecule has 2 aliphatic rings. The maximum Gasteiger partial charge on any atom is 0.303 e. The van der Waals surface area contributed by atoms with Gasteiger partial charge in [-0.05, 0) is 43.1 Å². The number of aromatic nitrogens is 2. The zero-order chi connectivity index (χ0) is 25.0. The van der Waals surface area contributed by atoms with Crippen LogP contribution in [0.3, 0.4) is 0 Å². The predicted octanol–water partition coefficient (Wildman–Crippen LogP) is 5.00. The van der Waals surface area contributed by atoms with E-state index in [1.54, 1.807) is 17.0 Å². The van der Waals surface area contributed by atoms with Gasteiger partial charge in [0.2, 0.25) is 5.82 Å². The summed E-state index contributed by atoms with van der Waals surface area (Å²) < 4.78 is 48.3. The second kappa shape index (κ2) is 10.8. The molecule has 2 fully saturated rings. The Labute approximate surface area is 202 Å². The lowest BCUT2D eigenvalue weighted by molar-refractivity contribution is -0.138. The van der Waals surface area contributed by atoms with Crippen LogP contribution in [0.5, 0.6) is 0 Å². The molecule has 1 saturated carbocycles. The standard InChI is InChI=1S/C25H31F3N4O3/c1-25(27,28)19-8-6-18(7-9-19)20-14-35-11-10-32(20)24-22(26)23(30-15-31-24)29-13-17-4-2-16(3-5-17)12-21(33)34/h6-9,15-17,20H,2-5,10-14H2,1H3,(H,33,34)(H,29,30,31). The van der Waals surface area contributed by atoms with Gasteiger partial charge in [0.05, 0.1) is 19.3 Å². The zero-order valence-corrected chi connectivity index (χ0v) is 19.7. The lowest BCUT2D eigenvalue weighted by Gasteiger charge is -2.37. The third kappa shape index (κ3) is 6.22. The van der Waals surface area contributed by atoms with E-state index in [1.807, 2.05) is 0 Å². The van der Waals surface area contributed by atoms with Crippen LogP contribution in [0.1, 0.15) is 56.2 Å². The Bertz CT molecular complexity index is 1010. The van der Waals surface area contributed by atoms with Crippen molar-refractivity contribution in [2.45, 2.75) is 51.0 Å². The Morgan fingerprint density at radius 2 is 1.86 bits per heavy atom. The van der Waals surface area contributed by atoms with Crippen LogP contribution in [0.25, 0.3) is 0 Å². The number of hydrogen-bond donors (Lipinski definition) is 2. The first-order chi connectivity index (χ1) is 16.7. The van der Waals surface area contributed by atoms with Crippen molar-refractivity contribution in [3.63, 3.8) is 0 Å². The van der Waals surface area contributed by atoms with Crippen LogP contribution in [0, 0.1) is 17.7 Å². The highest BCUT2D eigenvalue weighted by molar-refractivity contribution is 5.67. The minimum atomic E-state index is -2.93. The number of carbonyl (C=O) groups is 1. The molecule has 35 heavy (non-hydrogen) atoms. The number of nitrogens with zero attached hydrogens (tertiary/aromatic N) is 3. The first kappa shape index (κ1) is 25.2. The molecule has 2 aromatic rings. The van der Waals surface area contributed by atoms with Gasteiger partial charge in [-0.15, -0.1) is 0 Å². The summed E-state index contributed by atoms with van der Waals surface area (Å²) in [6.45, 7) is 2.48. The number of benzene rings is 1. The summed E-state index contributed by atoms with van der Waals surface area (Å²) in [7, 11) is 0. The molecular weight excluding hydrogens is 461 g/mol. The second-order valence-corrected chi connectivity index (χ2v) is 9.52. The summed E-state index contributed by atoms with van der Waals surface area (Å²) in [5, 5.41) is 12.1. The number of carboxylic acids is 1. The number of aliphatic carboxylic acids is 1. The van der Waals surface area contributed by atoms with E-state index in [-0.39, 0.29) is 42.2 Å². The average Bonchev–Trinajstić information content (AvgIpc) is 2.84. The van der Waals surface area contributed by atoms with Crippen LogP contribution < -0.4 is 10.2 Å². The molecule has 190 valence electrons. The molecule has 1 aliphatic carbocycles. The van der Waals surface area contributed by atoms with Gasteiger partial charge in [0.1, 0.15) is 6.33 Å². The smallest absolute Gasteiger partial charge is 0.303 e. The van der Waals surface area contributed by atoms with Crippen LogP contribution in [-0.2, 0) is 15.5 Å². The largest absolute Gasteiger partial charge is 0.481 e. The molecule has 0 spiro atoms. The number of morpholine rings is 1. The average molecular weight is 493 g/mol. The normalized spacial score (nSPS) is 23.2. The summed E-state index contributed by atoms with van der Waals surface area (Å²) >= 11 is 0. The van der Waals surface area contributed by atoms with Crippen LogP contribution in [0.4, 0.5) is 24.8 Å². The number of rotatable bonds is 8. The van der Waals surface area contributed by atoms with Crippen molar-refractivity contribution in [2.24, 2.45) is 11.8 Å². The van der Waals surface area contributed by atoms with Crippen molar-refractivity contribution in [1.29, 1.82) is 0 Å². The van der Waals surface area contributed by atoms with Crippen LogP contribution >= 0.6 is 0 Å². The molecule has 4 rings (SSSR count). The van der Waals surface area contributed by atoms with Crippen molar-refractivity contribution in [1.82, 2.24) is 9.97 Å². The topological polar surface area (TPSA) is 87.6 Å². The van der Waals surface area contributed by atoms with E-state index in [9.17, 15) is 13.6 Å². The molecule has 1 saturated heterocycles. The number of ether oxygens (including phenoxy) is 1. The number of hydrogen-bond acceptors (Lipinski definition) is 6. The van der Waals surface area contributed by atoms with Gasteiger partial charge in [-0.1, -0.05) is 24.3 Å². The quantitative estimate of drug-likeness (QED) is 0.536. The van der Waals surface area contributed by atoms with Gasteiger partial charge in [-0.3, -0.25) is 4.79 Å². The van der Waals surface area contributed by atoms with Gasteiger partial charge in [0.25, 0.3) is 5.92 Å². The van der Waals surface area contributed by atoms with Gasteiger partial charge in [0.15, 0.2) is 11.6 Å². The molecule has 7 nitrogen and oxygen atoms in total. The highest BCUT2D eigenvalue weighted by Crippen LogP contribution is 2.35. The summed E-state index contributed by atoms with van der Waals surface area (Å²) in [5.41, 5.74) is 0.657. The molecule has 0 bridgehead atoms. The Morgan fingerprint density at radius 1 is 1.17 bits per heavy atom. The third-order valence-electron chi connectivity index (χ3n) is 6.96. The summed E-state index contributed by atoms with van der Waals surface area (Å²) in [4.78, 5) is 21.0. The minimum Gasteiger partial charge on any atom is -0.481 e. The van der Waals surface area contributed by atoms with Crippen molar-refractivity contribution in [3.8, 4) is 0 Å². The minimum absolute atomic E-state index is 0.0822. The molecule has 0 radical (unpaired) electrons. The molecule has 1 aromatic heterocycles. The Morgan fingerprint density at radius 3 is 2.51 bits per heavy atom. The fraction of sp³-hybridized carbons (Fsp3) is 0.560. The van der Waals surface area contributed by atoms with E-state index in [2.05, 4.69) is 15.3 Å². The monoisotopic (exact) mass is 492 g/mol. The number of anilines is 2. The molecule has 1 unspecified atom stereocenters. The summed E-state index contributed by atoms with van der Waals surface area (Å²) in [6, 6.07) is 5.65. The molecule has 2 N–H and O–H groups in total. The van der Waals surface area contributed by atoms with Gasteiger partial charge >= 0.3 is 5.97 Å². The van der Waals surface area contributed by atoms with E-state index in [0.717, 1.165) is 38.2 Å². The van der Waals surface area contributed by atoms with Crippen molar-refractivity contribution >= 4 is 17.6 Å². The van der Waals surface area contributed by atoms with Crippen LogP contribution in [0.2, 0.25) is 0 Å². The van der Waals surface area contributed by atoms with Crippen LogP contribution in [0.15, 0.2) is 30.6 Å². The molecule has 0 amide bonds. The fourth-order valence-electron chi connectivity index (χ4n) is 4.94. The van der Waals surface area contributed by atoms with Crippen molar-refractivity contribution in [3.05, 3.63) is 47.5 Å². The van der Waals surface area contributed by atoms with E-state index in [1.165, 1.54) is 18.5 Å². The van der Waals surface area contributed by atoms with E-state index < -0.39 is 17.7 Å². The van der Waals surface area contributed by atoms with Gasteiger partial charge < -0.3 is 20.1 Å². The maximum absolute atomic E-state index is 15.5. The third-order valence-corrected chi connectivity index (χ3v) is 6.96. The molecule has 1 aromatic carbocycles. The molecule has 2 heterocycles. The maximum atomic E-state index is 15.5. The SMILES string of the molecule is CC(F)(F)c1ccc(C2COCCN2c2ncnc(NCC3CCC(CC(=O)O)CC3)c2F)cc1. The number of alkyl halides is 2. The lowest BCUT2D eigenvalue weighted by Crippen LogP contribution is -2.40. The van der Waals surface area contributed by atoms with E-state index in [4.69, 9.17) is 9.84 Å². The van der Waals surface area contributed by atoms with Gasteiger partial charge in [-0.2, -0.15) is 4.39 Å². The van der Waals surface area contributed by atoms with Crippen molar-refractivity contribution < 1.29 is 27.8 Å². The summed E-state index contributed by atoms with van der Waals surface area (Å²) in [6.07, 6.45) is 5.01. The van der Waals surface area contributed by atoms with Gasteiger partial charge in [-0.25, -0.2) is 18.7 Å². The first-order valence-corrected chi connectivity index (χ1v) is 12.0. The van der Waals surface area contributed by atoms with E-state index in [0.29, 0.717) is 25.6 Å². The number of halogens is 3. The zero-order valence-electron chi connectivity index (χ0n) is 19.7. The molecule has 1 atom stereocenters. The highest BCUT2D eigenvalue weighted by Gasteiger charge is 2.31. The first-order valence-electron chi connectivity index (χ1n) is 12.0. The molecule has 1 aliphatic heterocycles.